The highest BCUT2D eigenvalue weighted by Gasteiger charge is 2.13. The van der Waals surface area contributed by atoms with E-state index in [0.29, 0.717) is 13.4 Å². The maximum Gasteiger partial charge on any atom is 0.231 e. The SMILES string of the molecule is COc1cc(CNCc2ccc3c(c2)OCO3)ccc1OCc1ccc(C)cc1. The van der Waals surface area contributed by atoms with Crippen molar-refractivity contribution in [3.63, 3.8) is 0 Å². The largest absolute Gasteiger partial charge is 0.493 e. The van der Waals surface area contributed by atoms with Gasteiger partial charge in [-0.1, -0.05) is 42.0 Å². The molecule has 1 aliphatic rings. The van der Waals surface area contributed by atoms with Crippen LogP contribution in [0.25, 0.3) is 0 Å². The topological polar surface area (TPSA) is 49.0 Å². The molecule has 4 rings (SSSR count). The number of hydrogen-bond donors (Lipinski definition) is 1. The highest BCUT2D eigenvalue weighted by atomic mass is 16.7. The molecule has 0 atom stereocenters. The van der Waals surface area contributed by atoms with Gasteiger partial charge in [0, 0.05) is 13.1 Å². The van der Waals surface area contributed by atoms with Crippen molar-refractivity contribution in [3.8, 4) is 23.0 Å². The molecule has 1 N–H and O–H groups in total. The Morgan fingerprint density at radius 2 is 1.48 bits per heavy atom. The monoisotopic (exact) mass is 391 g/mol. The number of nitrogens with one attached hydrogen (secondary N) is 1. The second kappa shape index (κ2) is 8.88. The summed E-state index contributed by atoms with van der Waals surface area (Å²) < 4.78 is 22.3. The van der Waals surface area contributed by atoms with Crippen LogP contribution in [0.5, 0.6) is 23.0 Å². The lowest BCUT2D eigenvalue weighted by Gasteiger charge is -2.13. The fourth-order valence-electron chi connectivity index (χ4n) is 3.19. The lowest BCUT2D eigenvalue weighted by Crippen LogP contribution is -2.12. The van der Waals surface area contributed by atoms with E-state index in [1.807, 2.05) is 30.3 Å². The van der Waals surface area contributed by atoms with Crippen molar-refractivity contribution in [1.29, 1.82) is 0 Å². The van der Waals surface area contributed by atoms with E-state index in [1.54, 1.807) is 7.11 Å². The van der Waals surface area contributed by atoms with Crippen LogP contribution in [0.1, 0.15) is 22.3 Å². The van der Waals surface area contributed by atoms with Crippen LogP contribution in [0.3, 0.4) is 0 Å². The van der Waals surface area contributed by atoms with E-state index in [4.69, 9.17) is 18.9 Å². The fourth-order valence-corrected chi connectivity index (χ4v) is 3.19. The van der Waals surface area contributed by atoms with Crippen LogP contribution in [0, 0.1) is 6.92 Å². The Balaban J connectivity index is 1.33. The van der Waals surface area contributed by atoms with Crippen LogP contribution in [0.2, 0.25) is 0 Å². The molecule has 0 unspecified atom stereocenters. The summed E-state index contributed by atoms with van der Waals surface area (Å²) in [4.78, 5) is 0. The molecular formula is C24H25NO4. The summed E-state index contributed by atoms with van der Waals surface area (Å²) in [6.45, 7) is 4.35. The molecule has 3 aromatic rings. The third-order valence-electron chi connectivity index (χ3n) is 4.84. The predicted octanol–water partition coefficient (Wildman–Crippen LogP) is 4.60. The smallest absolute Gasteiger partial charge is 0.231 e. The zero-order valence-electron chi connectivity index (χ0n) is 16.7. The van der Waals surface area contributed by atoms with Crippen LogP contribution >= 0.6 is 0 Å². The van der Waals surface area contributed by atoms with E-state index in [2.05, 4.69) is 42.6 Å². The Hall–Kier alpha value is -3.18. The van der Waals surface area contributed by atoms with Gasteiger partial charge in [-0.3, -0.25) is 0 Å². The van der Waals surface area contributed by atoms with Crippen molar-refractivity contribution >= 4 is 0 Å². The first-order valence-electron chi connectivity index (χ1n) is 9.66. The highest BCUT2D eigenvalue weighted by molar-refractivity contribution is 5.45. The van der Waals surface area contributed by atoms with Crippen molar-refractivity contribution in [2.24, 2.45) is 0 Å². The maximum absolute atomic E-state index is 5.95. The molecule has 0 saturated carbocycles. The molecule has 1 aliphatic heterocycles. The fraction of sp³-hybridized carbons (Fsp3) is 0.250. The van der Waals surface area contributed by atoms with E-state index in [0.717, 1.165) is 52.8 Å². The number of benzene rings is 3. The minimum Gasteiger partial charge on any atom is -0.493 e. The van der Waals surface area contributed by atoms with Gasteiger partial charge in [0.1, 0.15) is 6.61 Å². The Kier molecular flexibility index (Phi) is 5.86. The van der Waals surface area contributed by atoms with Crippen LogP contribution < -0.4 is 24.3 Å². The summed E-state index contributed by atoms with van der Waals surface area (Å²) in [5, 5.41) is 3.45. The highest BCUT2D eigenvalue weighted by Crippen LogP contribution is 2.32. The normalized spacial score (nSPS) is 12.1. The average molecular weight is 391 g/mol. The first kappa shape index (κ1) is 19.2. The lowest BCUT2D eigenvalue weighted by molar-refractivity contribution is 0.174. The summed E-state index contributed by atoms with van der Waals surface area (Å²) in [5.41, 5.74) is 4.65. The first-order chi connectivity index (χ1) is 14.2. The van der Waals surface area contributed by atoms with Gasteiger partial charge in [0.15, 0.2) is 23.0 Å². The summed E-state index contributed by atoms with van der Waals surface area (Å²) in [7, 11) is 1.66. The summed E-state index contributed by atoms with van der Waals surface area (Å²) in [6, 6.07) is 20.4. The minimum atomic E-state index is 0.296. The number of hydrogen-bond acceptors (Lipinski definition) is 5. The molecule has 0 radical (unpaired) electrons. The number of rotatable bonds is 8. The number of fused-ring (bicyclic) bond motifs is 1. The predicted molar refractivity (Wildman–Crippen MR) is 112 cm³/mol. The van der Waals surface area contributed by atoms with Gasteiger partial charge < -0.3 is 24.3 Å². The molecule has 0 aromatic heterocycles. The molecule has 0 aliphatic carbocycles. The Morgan fingerprint density at radius 1 is 0.793 bits per heavy atom. The van der Waals surface area contributed by atoms with Gasteiger partial charge in [0.2, 0.25) is 6.79 Å². The van der Waals surface area contributed by atoms with Crippen molar-refractivity contribution in [2.75, 3.05) is 13.9 Å². The molecular weight excluding hydrogens is 366 g/mol. The molecule has 5 nitrogen and oxygen atoms in total. The third kappa shape index (κ3) is 4.81. The maximum atomic E-state index is 5.95. The summed E-state index contributed by atoms with van der Waals surface area (Å²) in [6.07, 6.45) is 0. The third-order valence-corrected chi connectivity index (χ3v) is 4.84. The van der Waals surface area contributed by atoms with Gasteiger partial charge in [-0.2, -0.15) is 0 Å². The van der Waals surface area contributed by atoms with Gasteiger partial charge in [-0.25, -0.2) is 0 Å². The van der Waals surface area contributed by atoms with Crippen molar-refractivity contribution in [1.82, 2.24) is 5.32 Å². The van der Waals surface area contributed by atoms with Gasteiger partial charge in [0.25, 0.3) is 0 Å². The Morgan fingerprint density at radius 3 is 2.28 bits per heavy atom. The number of ether oxygens (including phenoxy) is 4. The zero-order chi connectivity index (χ0) is 20.1. The molecule has 1 heterocycles. The summed E-state index contributed by atoms with van der Waals surface area (Å²) >= 11 is 0. The lowest BCUT2D eigenvalue weighted by atomic mass is 10.1. The first-order valence-corrected chi connectivity index (χ1v) is 9.66. The van der Waals surface area contributed by atoms with E-state index in [1.165, 1.54) is 5.56 Å². The van der Waals surface area contributed by atoms with E-state index in [-0.39, 0.29) is 0 Å². The van der Waals surface area contributed by atoms with Crippen LogP contribution in [0.15, 0.2) is 60.7 Å². The molecule has 29 heavy (non-hydrogen) atoms. The van der Waals surface area contributed by atoms with Crippen LogP contribution in [0.4, 0.5) is 0 Å². The van der Waals surface area contributed by atoms with E-state index < -0.39 is 0 Å². The molecule has 0 spiro atoms. The zero-order valence-corrected chi connectivity index (χ0v) is 16.7. The molecule has 3 aromatic carbocycles. The molecule has 5 heteroatoms. The average Bonchev–Trinajstić information content (AvgIpc) is 3.22. The molecule has 150 valence electrons. The van der Waals surface area contributed by atoms with E-state index in [9.17, 15) is 0 Å². The Labute approximate surface area is 171 Å². The van der Waals surface area contributed by atoms with Gasteiger partial charge >= 0.3 is 0 Å². The van der Waals surface area contributed by atoms with Crippen molar-refractivity contribution < 1.29 is 18.9 Å². The number of aryl methyl sites for hydroxylation is 1. The second-order valence-electron chi connectivity index (χ2n) is 7.05. The van der Waals surface area contributed by atoms with Crippen LogP contribution in [-0.4, -0.2) is 13.9 Å². The van der Waals surface area contributed by atoms with Crippen LogP contribution in [-0.2, 0) is 19.7 Å². The Bertz CT molecular complexity index is 969. The van der Waals surface area contributed by atoms with Gasteiger partial charge in [-0.15, -0.1) is 0 Å². The van der Waals surface area contributed by atoms with Crippen molar-refractivity contribution in [3.05, 3.63) is 82.9 Å². The quantitative estimate of drug-likeness (QED) is 0.608. The minimum absolute atomic E-state index is 0.296. The molecule has 0 saturated heterocycles. The molecule has 0 bridgehead atoms. The van der Waals surface area contributed by atoms with E-state index >= 15 is 0 Å². The summed E-state index contributed by atoms with van der Waals surface area (Å²) in [5.74, 6) is 3.09. The second-order valence-corrected chi connectivity index (χ2v) is 7.05. The standard InChI is InChI=1S/C24H25NO4/c1-17-3-5-18(6-4-17)15-27-21-9-7-19(11-23(21)26-2)13-25-14-20-8-10-22-24(12-20)29-16-28-22/h3-12,25H,13-16H2,1-2H3. The number of methoxy groups -OCH3 is 1. The molecule has 0 amide bonds. The van der Waals surface area contributed by atoms with Gasteiger partial charge in [0.05, 0.1) is 7.11 Å². The molecule has 0 fully saturated rings. The van der Waals surface area contributed by atoms with Crippen molar-refractivity contribution in [2.45, 2.75) is 26.6 Å². The van der Waals surface area contributed by atoms with Gasteiger partial charge in [-0.05, 0) is 47.9 Å².